The fraction of sp³-hybridized carbons (Fsp3) is 0.161. The molecule has 30 heteroatoms. The summed E-state index contributed by atoms with van der Waals surface area (Å²) in [6.07, 6.45) is 8.43. The summed E-state index contributed by atoms with van der Waals surface area (Å²) in [6.45, 7) is 3.36. The van der Waals surface area contributed by atoms with Crippen LogP contribution in [-0.2, 0) is 29.6 Å². The number of esters is 1. The summed E-state index contributed by atoms with van der Waals surface area (Å²) in [6, 6.07) is 34.0. The van der Waals surface area contributed by atoms with Crippen LogP contribution in [0.25, 0.3) is 16.3 Å². The van der Waals surface area contributed by atoms with Crippen LogP contribution in [0.4, 0.5) is 50.1 Å². The Balaban J connectivity index is 0.000000315. The molecule has 0 saturated carbocycles. The number of anilines is 5. The van der Waals surface area contributed by atoms with Crippen LogP contribution in [0.2, 0.25) is 0 Å². The molecule has 0 radical (unpaired) electrons. The third kappa shape index (κ3) is 16.8. The van der Waals surface area contributed by atoms with Crippen LogP contribution in [0.3, 0.4) is 0 Å². The van der Waals surface area contributed by atoms with E-state index in [1.54, 1.807) is 13.8 Å². The van der Waals surface area contributed by atoms with E-state index in [-0.39, 0.29) is 77.4 Å². The van der Waals surface area contributed by atoms with Crippen LogP contribution in [0.1, 0.15) is 21.1 Å². The maximum atomic E-state index is 12.9. The third-order valence-electron chi connectivity index (χ3n) is 12.0. The summed E-state index contributed by atoms with van der Waals surface area (Å²) < 4.78 is 61.9. The number of azo groups is 2. The summed E-state index contributed by atoms with van der Waals surface area (Å²) in [5, 5.41) is 36.5. The highest BCUT2D eigenvalue weighted by Gasteiger charge is 2.25. The van der Waals surface area contributed by atoms with E-state index in [9.17, 15) is 26.4 Å². The monoisotopic (exact) mass is 1330 g/mol. The van der Waals surface area contributed by atoms with Gasteiger partial charge in [0.1, 0.15) is 15.7 Å². The van der Waals surface area contributed by atoms with Gasteiger partial charge in [-0.15, -0.1) is 43.0 Å². The highest BCUT2D eigenvalue weighted by molar-refractivity contribution is 7.93. The van der Waals surface area contributed by atoms with Crippen molar-refractivity contribution in [2.45, 2.75) is 33.3 Å². The van der Waals surface area contributed by atoms with Crippen molar-refractivity contribution in [1.82, 2.24) is 20.4 Å². The topological polar surface area (TPSA) is 268 Å². The molecular formula is C56H51Cl5N14O7S4. The number of fused-ring (bicyclic) bond motifs is 1. The lowest BCUT2D eigenvalue weighted by atomic mass is 9.90. The predicted molar refractivity (Wildman–Crippen MR) is 348 cm³/mol. The molecule has 0 atom stereocenters. The van der Waals surface area contributed by atoms with Crippen molar-refractivity contribution < 1.29 is 31.2 Å². The van der Waals surface area contributed by atoms with Gasteiger partial charge in [-0.1, -0.05) is 118 Å². The molecule has 0 saturated heterocycles. The molecule has 0 fully saturated rings. The maximum Gasteiger partial charge on any atom is 0.344 e. The zero-order valence-electron chi connectivity index (χ0n) is 46.3. The first-order valence-electron chi connectivity index (χ1n) is 25.0. The fourth-order valence-electron chi connectivity index (χ4n) is 7.88. The van der Waals surface area contributed by atoms with E-state index in [1.165, 1.54) is 106 Å². The largest absolute Gasteiger partial charge is 0.421 e. The standard InChI is InChI=1S/C32H23Cl4N11O7S4.C24H27N3.ClH/c1-15-38-44-31(55-15)46-57(50,51)19-10-6-17(7-11-19)40-42-23-14-24(43-41-18-8-12-20(13-9-18)58(52,53)47-32-45-39-16(2)56-32)26(54-30(49)28(35)36)21-4-3-5-22(25(21)23)37-29(48)27(33)34;1-25-21-12-6-18(7-13-21)24(19-8-14-22(15-9-19)26(2)3)20-10-16-23(17-11-20)27(4)5;/h3-14,27-28H,1-2H3,(H,37,48)(H,44,46)(H,45,47);6-17H,1-5H3;1H. The number of aryl methyl sites for hydroxylation is 2. The number of aliphatic imine (C=N–C) groups is 1. The summed E-state index contributed by atoms with van der Waals surface area (Å²) in [4.78, 5) is 30.6. The van der Waals surface area contributed by atoms with Crippen molar-refractivity contribution in [2.75, 3.05) is 59.8 Å². The summed E-state index contributed by atoms with van der Waals surface area (Å²) >= 11 is 25.4. The zero-order chi connectivity index (χ0) is 61.2. The van der Waals surface area contributed by atoms with E-state index >= 15 is 0 Å². The Morgan fingerprint density at radius 2 is 1.06 bits per heavy atom. The molecule has 446 valence electrons. The number of carbonyl (C=O) groups is 2. The number of hydrogen-bond acceptors (Lipinski definition) is 20. The lowest BCUT2D eigenvalue weighted by Gasteiger charge is -2.18. The van der Waals surface area contributed by atoms with Crippen LogP contribution in [0.15, 0.2) is 186 Å². The smallest absolute Gasteiger partial charge is 0.344 e. The molecule has 1 aliphatic carbocycles. The molecule has 86 heavy (non-hydrogen) atoms. The number of benzene rings is 6. The number of amides is 1. The van der Waals surface area contributed by atoms with Gasteiger partial charge in [-0.3, -0.25) is 19.2 Å². The van der Waals surface area contributed by atoms with Gasteiger partial charge in [0.2, 0.25) is 15.1 Å². The highest BCUT2D eigenvalue weighted by atomic mass is 35.5. The molecule has 2 aromatic heterocycles. The number of rotatable bonds is 18. The van der Waals surface area contributed by atoms with E-state index in [0.29, 0.717) is 10.0 Å². The van der Waals surface area contributed by atoms with E-state index in [0.717, 1.165) is 28.4 Å². The summed E-state index contributed by atoms with van der Waals surface area (Å²) in [5.41, 5.74) is 8.66. The fourth-order valence-corrected chi connectivity index (χ4v) is 11.7. The van der Waals surface area contributed by atoms with Crippen molar-refractivity contribution in [3.05, 3.63) is 172 Å². The lowest BCUT2D eigenvalue weighted by molar-refractivity contribution is -0.132. The first kappa shape index (κ1) is 65.8. The van der Waals surface area contributed by atoms with Gasteiger partial charge < -0.3 is 19.9 Å². The summed E-state index contributed by atoms with van der Waals surface area (Å²) in [5.74, 6) is -2.08. The molecule has 8 aromatic rings. The number of ether oxygens (including phenoxy) is 1. The van der Waals surface area contributed by atoms with Crippen LogP contribution >= 0.6 is 81.5 Å². The Kier molecular flexibility index (Phi) is 22.3. The molecule has 9 rings (SSSR count). The van der Waals surface area contributed by atoms with E-state index in [2.05, 4.69) is 171 Å². The minimum Gasteiger partial charge on any atom is -0.421 e. The van der Waals surface area contributed by atoms with Crippen LogP contribution in [-0.4, -0.2) is 99.7 Å². The lowest BCUT2D eigenvalue weighted by Crippen LogP contribution is -2.19. The molecule has 21 nitrogen and oxygen atoms in total. The SMILES string of the molecule is CN=C1C=CC(=C(c2ccc(N(C)C)cc2)c2ccc(N(C)C)cc2)C=C1.Cc1nnc(NS(=O)(=O)c2ccc(N=Nc3cc(N=Nc4ccc(S(=O)(=O)Nc5nnc(C)s5)cc4)c4c(NC(=O)C(Cl)Cl)cccc4c3OC(=O)C(Cl)Cl)cc2)s1.Cl. The summed E-state index contributed by atoms with van der Waals surface area (Å²) in [7, 11) is 2.04. The van der Waals surface area contributed by atoms with Gasteiger partial charge in [-0.25, -0.2) is 21.6 Å². The van der Waals surface area contributed by atoms with Gasteiger partial charge in [-0.05, 0) is 133 Å². The number of hydrogen-bond donors (Lipinski definition) is 3. The van der Waals surface area contributed by atoms with Gasteiger partial charge in [0, 0.05) is 57.4 Å². The molecule has 0 spiro atoms. The number of sulfonamides is 2. The van der Waals surface area contributed by atoms with Crippen molar-refractivity contribution in [3.8, 4) is 5.75 Å². The number of aromatic nitrogens is 4. The second-order valence-corrected chi connectivity index (χ2v) is 26.3. The number of alkyl halides is 4. The molecule has 3 N–H and O–H groups in total. The predicted octanol–water partition coefficient (Wildman–Crippen LogP) is 14.3. The maximum absolute atomic E-state index is 12.9. The first-order chi connectivity index (χ1) is 40.5. The number of nitrogens with one attached hydrogen (secondary N) is 3. The van der Waals surface area contributed by atoms with Crippen molar-refractivity contribution in [1.29, 1.82) is 0 Å². The Morgan fingerprint density at radius 1 is 0.593 bits per heavy atom. The third-order valence-corrected chi connectivity index (χ3v) is 17.2. The second kappa shape index (κ2) is 29.1. The number of nitrogens with zero attached hydrogens (tertiary/aromatic N) is 11. The van der Waals surface area contributed by atoms with Crippen molar-refractivity contribution >= 4 is 186 Å². The molecule has 1 aliphatic rings. The van der Waals surface area contributed by atoms with Gasteiger partial charge in [0.15, 0.2) is 10.6 Å². The average molecular weight is 1340 g/mol. The van der Waals surface area contributed by atoms with Crippen molar-refractivity contribution in [3.63, 3.8) is 0 Å². The number of carbonyl (C=O) groups excluding carboxylic acids is 2. The van der Waals surface area contributed by atoms with Crippen LogP contribution in [0, 0.1) is 13.8 Å². The molecule has 2 heterocycles. The zero-order valence-corrected chi connectivity index (χ0v) is 53.4. The molecule has 1 amide bonds. The van der Waals surface area contributed by atoms with Crippen molar-refractivity contribution in [2.24, 2.45) is 25.4 Å². The van der Waals surface area contributed by atoms with Gasteiger partial charge in [0.05, 0.1) is 38.3 Å². The van der Waals surface area contributed by atoms with Gasteiger partial charge in [0.25, 0.3) is 26.0 Å². The Labute approximate surface area is 529 Å². The molecule has 6 aromatic carbocycles. The Morgan fingerprint density at radius 3 is 1.47 bits per heavy atom. The Hall–Kier alpha value is -7.72. The van der Waals surface area contributed by atoms with Crippen LogP contribution < -0.4 is 29.3 Å². The van der Waals surface area contributed by atoms with E-state index < -0.39 is 41.6 Å². The highest BCUT2D eigenvalue weighted by Crippen LogP contribution is 2.46. The molecule has 0 aliphatic heterocycles. The van der Waals surface area contributed by atoms with Crippen LogP contribution in [0.5, 0.6) is 5.75 Å². The number of allylic oxidation sites excluding steroid dienone is 5. The molecule has 0 bridgehead atoms. The first-order valence-corrected chi connectivity index (χ1v) is 31.3. The quantitative estimate of drug-likeness (QED) is 0.0313. The number of halogens is 5. The normalized spacial score (nSPS) is 12.3. The van der Waals surface area contributed by atoms with E-state index in [4.69, 9.17) is 51.1 Å². The minimum absolute atomic E-state index is 0. The van der Waals surface area contributed by atoms with Gasteiger partial charge in [-0.2, -0.15) is 10.2 Å². The van der Waals surface area contributed by atoms with E-state index in [1.807, 2.05) is 7.05 Å². The second-order valence-electron chi connectivity index (χ2n) is 18.4. The Bertz CT molecular complexity index is 4120. The molecule has 0 unspecified atom stereocenters. The molecular weight excluding hydrogens is 1290 g/mol. The van der Waals surface area contributed by atoms with Gasteiger partial charge >= 0.3 is 5.97 Å². The minimum atomic E-state index is -4.02. The average Bonchev–Trinajstić information content (AvgIpc) is 1.23.